The van der Waals surface area contributed by atoms with E-state index in [-0.39, 0.29) is 23.9 Å². The molecule has 0 fully saturated rings. The Morgan fingerprint density at radius 2 is 1.81 bits per heavy atom. The van der Waals surface area contributed by atoms with Crippen molar-refractivity contribution in [2.24, 2.45) is 0 Å². The molecule has 0 atom stereocenters. The summed E-state index contributed by atoms with van der Waals surface area (Å²) >= 11 is 5.80. The Morgan fingerprint density at radius 3 is 2.58 bits per heavy atom. The fourth-order valence-electron chi connectivity index (χ4n) is 2.37. The molecule has 9 heteroatoms. The molecule has 2 aromatic carbocycles. The molecule has 26 heavy (non-hydrogen) atoms. The highest BCUT2D eigenvalue weighted by molar-refractivity contribution is 7.89. The second kappa shape index (κ2) is 7.94. The number of amides is 1. The van der Waals surface area contributed by atoms with Crippen LogP contribution in [0.3, 0.4) is 0 Å². The van der Waals surface area contributed by atoms with Crippen LogP contribution in [0.2, 0.25) is 5.02 Å². The van der Waals surface area contributed by atoms with Crippen LogP contribution in [0, 0.1) is 0 Å². The van der Waals surface area contributed by atoms with E-state index in [1.807, 2.05) is 0 Å². The summed E-state index contributed by atoms with van der Waals surface area (Å²) in [5.41, 5.74) is 0.409. The number of ether oxygens (including phenoxy) is 2. The van der Waals surface area contributed by atoms with Gasteiger partial charge in [0.05, 0.1) is 4.90 Å². The van der Waals surface area contributed by atoms with E-state index in [9.17, 15) is 13.2 Å². The van der Waals surface area contributed by atoms with E-state index in [1.54, 1.807) is 30.3 Å². The molecule has 1 heterocycles. The smallest absolute Gasteiger partial charge is 0.251 e. The maximum Gasteiger partial charge on any atom is 0.251 e. The maximum atomic E-state index is 12.2. The van der Waals surface area contributed by atoms with Crippen molar-refractivity contribution < 1.29 is 22.7 Å². The van der Waals surface area contributed by atoms with E-state index in [0.29, 0.717) is 35.3 Å². The Balaban J connectivity index is 1.52. The first-order chi connectivity index (χ1) is 12.5. The minimum atomic E-state index is -3.68. The number of halogens is 1. The maximum absolute atomic E-state index is 12.2. The summed E-state index contributed by atoms with van der Waals surface area (Å²) in [5.74, 6) is 0.788. The molecule has 0 bridgehead atoms. The minimum Gasteiger partial charge on any atom is -0.486 e. The van der Waals surface area contributed by atoms with Gasteiger partial charge in [0.25, 0.3) is 5.91 Å². The molecule has 1 aliphatic heterocycles. The first kappa shape index (κ1) is 18.5. The number of rotatable bonds is 6. The van der Waals surface area contributed by atoms with Crippen molar-refractivity contribution in [3.8, 4) is 11.5 Å². The number of benzene rings is 2. The van der Waals surface area contributed by atoms with Gasteiger partial charge in [-0.25, -0.2) is 13.1 Å². The van der Waals surface area contributed by atoms with E-state index in [4.69, 9.17) is 21.1 Å². The lowest BCUT2D eigenvalue weighted by Crippen LogP contribution is -2.34. The third-order valence-corrected chi connectivity index (χ3v) is 5.31. The molecule has 1 amide bonds. The number of hydrogen-bond donors (Lipinski definition) is 2. The number of carbonyl (C=O) groups is 1. The van der Waals surface area contributed by atoms with E-state index in [1.165, 1.54) is 12.1 Å². The molecule has 0 radical (unpaired) electrons. The molecular weight excluding hydrogens is 380 g/mol. The van der Waals surface area contributed by atoms with Gasteiger partial charge in [-0.05, 0) is 36.4 Å². The van der Waals surface area contributed by atoms with E-state index >= 15 is 0 Å². The van der Waals surface area contributed by atoms with Gasteiger partial charge in [-0.1, -0.05) is 17.7 Å². The average Bonchev–Trinajstić information content (AvgIpc) is 2.64. The zero-order chi connectivity index (χ0) is 18.6. The number of sulfonamides is 1. The van der Waals surface area contributed by atoms with Crippen LogP contribution in [-0.4, -0.2) is 40.6 Å². The quantitative estimate of drug-likeness (QED) is 0.726. The Kier molecular flexibility index (Phi) is 5.65. The topological polar surface area (TPSA) is 93.7 Å². The molecular formula is C17H17ClN2O5S. The predicted molar refractivity (Wildman–Crippen MR) is 96.4 cm³/mol. The molecule has 3 rings (SSSR count). The molecule has 0 aromatic heterocycles. The van der Waals surface area contributed by atoms with Gasteiger partial charge in [0.15, 0.2) is 11.5 Å². The monoisotopic (exact) mass is 396 g/mol. The van der Waals surface area contributed by atoms with Crippen LogP contribution in [0.1, 0.15) is 10.4 Å². The lowest BCUT2D eigenvalue weighted by atomic mass is 10.2. The van der Waals surface area contributed by atoms with Crippen molar-refractivity contribution in [2.75, 3.05) is 26.3 Å². The molecule has 7 nitrogen and oxygen atoms in total. The van der Waals surface area contributed by atoms with Crippen LogP contribution in [0.5, 0.6) is 11.5 Å². The van der Waals surface area contributed by atoms with Crippen LogP contribution >= 0.6 is 11.6 Å². The van der Waals surface area contributed by atoms with Crippen molar-refractivity contribution in [3.63, 3.8) is 0 Å². The van der Waals surface area contributed by atoms with Gasteiger partial charge in [0.1, 0.15) is 13.2 Å². The summed E-state index contributed by atoms with van der Waals surface area (Å²) < 4.78 is 37.5. The first-order valence-electron chi connectivity index (χ1n) is 7.89. The van der Waals surface area contributed by atoms with Crippen LogP contribution in [0.4, 0.5) is 0 Å². The molecule has 0 spiro atoms. The Labute approximate surface area is 156 Å². The highest BCUT2D eigenvalue weighted by Crippen LogP contribution is 2.30. The standard InChI is InChI=1S/C17H17ClN2O5S/c18-13-2-1-3-14(11-13)26(22,23)20-7-6-19-17(21)12-4-5-15-16(10-12)25-9-8-24-15/h1-5,10-11,20H,6-9H2,(H,19,21). The predicted octanol–water partition coefficient (Wildman–Crippen LogP) is 1.82. The molecule has 0 aliphatic carbocycles. The van der Waals surface area contributed by atoms with Crippen molar-refractivity contribution in [1.29, 1.82) is 0 Å². The molecule has 0 unspecified atom stereocenters. The second-order valence-corrected chi connectivity index (χ2v) is 7.67. The van der Waals surface area contributed by atoms with Gasteiger partial charge in [-0.15, -0.1) is 0 Å². The zero-order valence-electron chi connectivity index (χ0n) is 13.7. The summed E-state index contributed by atoms with van der Waals surface area (Å²) in [5, 5.41) is 2.99. The summed E-state index contributed by atoms with van der Waals surface area (Å²) in [6.07, 6.45) is 0. The van der Waals surface area contributed by atoms with Gasteiger partial charge in [0, 0.05) is 23.7 Å². The molecule has 138 valence electrons. The summed E-state index contributed by atoms with van der Waals surface area (Å²) in [6, 6.07) is 10.8. The van der Waals surface area contributed by atoms with Gasteiger partial charge >= 0.3 is 0 Å². The number of hydrogen-bond acceptors (Lipinski definition) is 5. The lowest BCUT2D eigenvalue weighted by Gasteiger charge is -2.18. The van der Waals surface area contributed by atoms with Crippen LogP contribution < -0.4 is 19.5 Å². The Morgan fingerprint density at radius 1 is 1.04 bits per heavy atom. The zero-order valence-corrected chi connectivity index (χ0v) is 15.3. The SMILES string of the molecule is O=C(NCCNS(=O)(=O)c1cccc(Cl)c1)c1ccc2c(c1)OCCO2. The normalized spacial score (nSPS) is 13.3. The minimum absolute atomic E-state index is 0.0468. The summed E-state index contributed by atoms with van der Waals surface area (Å²) in [6.45, 7) is 1.09. The largest absolute Gasteiger partial charge is 0.486 e. The molecule has 2 N–H and O–H groups in total. The molecule has 1 aliphatic rings. The number of fused-ring (bicyclic) bond motifs is 1. The molecule has 0 saturated carbocycles. The number of nitrogens with one attached hydrogen (secondary N) is 2. The van der Waals surface area contributed by atoms with Crippen molar-refractivity contribution in [1.82, 2.24) is 10.0 Å². The number of carbonyl (C=O) groups excluding carboxylic acids is 1. The van der Waals surface area contributed by atoms with Gasteiger partial charge < -0.3 is 14.8 Å². The van der Waals surface area contributed by atoms with Crippen LogP contribution in [0.15, 0.2) is 47.4 Å². The van der Waals surface area contributed by atoms with E-state index in [2.05, 4.69) is 10.0 Å². The Bertz CT molecular complexity index is 917. The molecule has 0 saturated heterocycles. The lowest BCUT2D eigenvalue weighted by molar-refractivity contribution is 0.0953. The second-order valence-electron chi connectivity index (χ2n) is 5.47. The van der Waals surface area contributed by atoms with Gasteiger partial charge in [0.2, 0.25) is 10.0 Å². The third kappa shape index (κ3) is 4.46. The van der Waals surface area contributed by atoms with Crippen LogP contribution in [-0.2, 0) is 10.0 Å². The van der Waals surface area contributed by atoms with Crippen LogP contribution in [0.25, 0.3) is 0 Å². The summed E-state index contributed by atoms with van der Waals surface area (Å²) in [4.78, 5) is 12.2. The van der Waals surface area contributed by atoms with Crippen molar-refractivity contribution >= 4 is 27.5 Å². The van der Waals surface area contributed by atoms with E-state index in [0.717, 1.165) is 0 Å². The fraction of sp³-hybridized carbons (Fsp3) is 0.235. The third-order valence-electron chi connectivity index (χ3n) is 3.61. The average molecular weight is 397 g/mol. The fourth-order valence-corrected chi connectivity index (χ4v) is 3.70. The summed E-state index contributed by atoms with van der Waals surface area (Å²) in [7, 11) is -3.68. The van der Waals surface area contributed by atoms with Gasteiger partial charge in [-0.2, -0.15) is 0 Å². The Hall–Kier alpha value is -2.29. The highest BCUT2D eigenvalue weighted by Gasteiger charge is 2.16. The van der Waals surface area contributed by atoms with E-state index < -0.39 is 10.0 Å². The van der Waals surface area contributed by atoms with Gasteiger partial charge in [-0.3, -0.25) is 4.79 Å². The molecule has 2 aromatic rings. The van der Waals surface area contributed by atoms with Crippen molar-refractivity contribution in [2.45, 2.75) is 4.90 Å². The first-order valence-corrected chi connectivity index (χ1v) is 9.75. The highest BCUT2D eigenvalue weighted by atomic mass is 35.5. The van der Waals surface area contributed by atoms with Crippen molar-refractivity contribution in [3.05, 3.63) is 53.1 Å².